The molecule has 0 amide bonds. The summed E-state index contributed by atoms with van der Waals surface area (Å²) < 4.78 is 0. The van der Waals surface area contributed by atoms with Crippen molar-refractivity contribution in [3.05, 3.63) is 35.4 Å². The van der Waals surface area contributed by atoms with Gasteiger partial charge in [-0.05, 0) is 51.4 Å². The standard InChI is InChI=1S/C18H32N2/c1-7-16-10-12-17(13-11-16)18(19-8-2)15(6)20(9-3)14(4)5/h10-15,18-19H,7-9H2,1-6H3. The minimum absolute atomic E-state index is 0.397. The van der Waals surface area contributed by atoms with Gasteiger partial charge in [0.25, 0.3) is 0 Å². The van der Waals surface area contributed by atoms with Crippen LogP contribution in [0, 0.1) is 0 Å². The Morgan fingerprint density at radius 3 is 2.00 bits per heavy atom. The Labute approximate surface area is 125 Å². The molecule has 0 aromatic heterocycles. The third-order valence-electron chi connectivity index (χ3n) is 4.21. The summed E-state index contributed by atoms with van der Waals surface area (Å²) in [4.78, 5) is 2.56. The van der Waals surface area contributed by atoms with E-state index in [1.54, 1.807) is 0 Å². The molecule has 0 radical (unpaired) electrons. The fourth-order valence-corrected chi connectivity index (χ4v) is 3.06. The molecule has 0 saturated heterocycles. The second kappa shape index (κ2) is 8.43. The second-order valence-corrected chi connectivity index (χ2v) is 5.80. The molecule has 0 aliphatic carbocycles. The molecule has 0 spiro atoms. The van der Waals surface area contributed by atoms with Crippen molar-refractivity contribution < 1.29 is 0 Å². The van der Waals surface area contributed by atoms with Crippen LogP contribution in [-0.4, -0.2) is 30.1 Å². The Morgan fingerprint density at radius 2 is 1.60 bits per heavy atom. The third-order valence-corrected chi connectivity index (χ3v) is 4.21. The van der Waals surface area contributed by atoms with E-state index in [9.17, 15) is 0 Å². The van der Waals surface area contributed by atoms with Crippen molar-refractivity contribution in [1.82, 2.24) is 10.2 Å². The summed E-state index contributed by atoms with van der Waals surface area (Å²) in [6.45, 7) is 15.6. The average molecular weight is 276 g/mol. The smallest absolute Gasteiger partial charge is 0.0475 e. The zero-order valence-corrected chi connectivity index (χ0v) is 14.1. The molecule has 1 aromatic rings. The van der Waals surface area contributed by atoms with Gasteiger partial charge in [0.15, 0.2) is 0 Å². The first kappa shape index (κ1) is 17.2. The summed E-state index contributed by atoms with van der Waals surface area (Å²) in [6, 6.07) is 10.6. The molecule has 0 saturated carbocycles. The zero-order valence-electron chi connectivity index (χ0n) is 14.1. The van der Waals surface area contributed by atoms with Crippen molar-refractivity contribution in [2.24, 2.45) is 0 Å². The summed E-state index contributed by atoms with van der Waals surface area (Å²) in [5.41, 5.74) is 2.81. The molecule has 1 N–H and O–H groups in total. The number of nitrogens with zero attached hydrogens (tertiary/aromatic N) is 1. The van der Waals surface area contributed by atoms with E-state index in [0.717, 1.165) is 19.5 Å². The van der Waals surface area contributed by atoms with E-state index >= 15 is 0 Å². The highest BCUT2D eigenvalue weighted by Crippen LogP contribution is 2.23. The highest BCUT2D eigenvalue weighted by molar-refractivity contribution is 5.26. The maximum absolute atomic E-state index is 3.66. The van der Waals surface area contributed by atoms with Gasteiger partial charge in [0.1, 0.15) is 0 Å². The maximum Gasteiger partial charge on any atom is 0.0475 e. The van der Waals surface area contributed by atoms with Crippen LogP contribution in [0.3, 0.4) is 0 Å². The Hall–Kier alpha value is -0.860. The minimum atomic E-state index is 0.397. The molecular formula is C18H32N2. The van der Waals surface area contributed by atoms with Crippen LogP contribution in [0.5, 0.6) is 0 Å². The fourth-order valence-electron chi connectivity index (χ4n) is 3.06. The first-order valence-corrected chi connectivity index (χ1v) is 8.13. The topological polar surface area (TPSA) is 15.3 Å². The fraction of sp³-hybridized carbons (Fsp3) is 0.667. The molecular weight excluding hydrogens is 244 g/mol. The molecule has 2 nitrogen and oxygen atoms in total. The molecule has 1 aromatic carbocycles. The van der Waals surface area contributed by atoms with Crippen molar-refractivity contribution in [3.8, 4) is 0 Å². The average Bonchev–Trinajstić information content (AvgIpc) is 2.45. The van der Waals surface area contributed by atoms with Crippen LogP contribution in [0.2, 0.25) is 0 Å². The van der Waals surface area contributed by atoms with Crippen molar-refractivity contribution in [1.29, 1.82) is 0 Å². The van der Waals surface area contributed by atoms with Crippen LogP contribution >= 0.6 is 0 Å². The summed E-state index contributed by atoms with van der Waals surface area (Å²) in [5.74, 6) is 0. The van der Waals surface area contributed by atoms with E-state index in [2.05, 4.69) is 76.0 Å². The molecule has 2 atom stereocenters. The Morgan fingerprint density at radius 1 is 1.00 bits per heavy atom. The molecule has 2 heteroatoms. The van der Waals surface area contributed by atoms with Gasteiger partial charge in [-0.25, -0.2) is 0 Å². The van der Waals surface area contributed by atoms with Crippen molar-refractivity contribution in [2.45, 2.75) is 66.1 Å². The number of rotatable bonds is 8. The predicted molar refractivity (Wildman–Crippen MR) is 89.2 cm³/mol. The molecule has 0 bridgehead atoms. The first-order chi connectivity index (χ1) is 9.54. The third kappa shape index (κ3) is 4.32. The van der Waals surface area contributed by atoms with E-state index in [1.165, 1.54) is 11.1 Å². The molecule has 0 heterocycles. The van der Waals surface area contributed by atoms with Crippen LogP contribution in [0.25, 0.3) is 0 Å². The van der Waals surface area contributed by atoms with Crippen LogP contribution in [0.4, 0.5) is 0 Å². The molecule has 114 valence electrons. The van der Waals surface area contributed by atoms with Gasteiger partial charge in [-0.3, -0.25) is 4.90 Å². The van der Waals surface area contributed by atoms with Gasteiger partial charge < -0.3 is 5.32 Å². The number of benzene rings is 1. The molecule has 20 heavy (non-hydrogen) atoms. The van der Waals surface area contributed by atoms with Crippen LogP contribution < -0.4 is 5.32 Å². The SMILES string of the molecule is CCNC(c1ccc(CC)cc1)C(C)N(CC)C(C)C. The number of hydrogen-bond donors (Lipinski definition) is 1. The van der Waals surface area contributed by atoms with Gasteiger partial charge in [-0.15, -0.1) is 0 Å². The monoisotopic (exact) mass is 276 g/mol. The van der Waals surface area contributed by atoms with Crippen molar-refractivity contribution >= 4 is 0 Å². The lowest BCUT2D eigenvalue weighted by molar-refractivity contribution is 0.140. The number of nitrogens with one attached hydrogen (secondary N) is 1. The Bertz CT molecular complexity index is 370. The van der Waals surface area contributed by atoms with Gasteiger partial charge in [0.2, 0.25) is 0 Å². The van der Waals surface area contributed by atoms with E-state index < -0.39 is 0 Å². The normalized spacial score (nSPS) is 14.8. The maximum atomic E-state index is 3.66. The Kier molecular flexibility index (Phi) is 7.25. The van der Waals surface area contributed by atoms with E-state index in [0.29, 0.717) is 18.1 Å². The van der Waals surface area contributed by atoms with Crippen molar-refractivity contribution in [2.75, 3.05) is 13.1 Å². The van der Waals surface area contributed by atoms with Crippen molar-refractivity contribution in [3.63, 3.8) is 0 Å². The first-order valence-electron chi connectivity index (χ1n) is 8.13. The van der Waals surface area contributed by atoms with Crippen LogP contribution in [0.1, 0.15) is 58.7 Å². The highest BCUT2D eigenvalue weighted by Gasteiger charge is 2.24. The minimum Gasteiger partial charge on any atom is -0.309 e. The second-order valence-electron chi connectivity index (χ2n) is 5.80. The van der Waals surface area contributed by atoms with Crippen LogP contribution in [-0.2, 0) is 6.42 Å². The Balaban J connectivity index is 2.96. The van der Waals surface area contributed by atoms with E-state index in [-0.39, 0.29) is 0 Å². The summed E-state index contributed by atoms with van der Waals surface area (Å²) in [5, 5.41) is 3.66. The predicted octanol–water partition coefficient (Wildman–Crippen LogP) is 4.02. The number of hydrogen-bond acceptors (Lipinski definition) is 2. The van der Waals surface area contributed by atoms with E-state index in [4.69, 9.17) is 0 Å². The molecule has 0 aliphatic rings. The molecule has 0 aliphatic heterocycles. The van der Waals surface area contributed by atoms with E-state index in [1.807, 2.05) is 0 Å². The number of likely N-dealkylation sites (N-methyl/N-ethyl adjacent to an activating group) is 2. The molecule has 2 unspecified atom stereocenters. The molecule has 1 rings (SSSR count). The van der Waals surface area contributed by atoms with Gasteiger partial charge in [-0.2, -0.15) is 0 Å². The zero-order chi connectivity index (χ0) is 15.1. The lowest BCUT2D eigenvalue weighted by Crippen LogP contribution is -2.46. The highest BCUT2D eigenvalue weighted by atomic mass is 15.2. The largest absolute Gasteiger partial charge is 0.309 e. The van der Waals surface area contributed by atoms with Gasteiger partial charge >= 0.3 is 0 Å². The van der Waals surface area contributed by atoms with Gasteiger partial charge in [0.05, 0.1) is 0 Å². The summed E-state index contributed by atoms with van der Waals surface area (Å²) >= 11 is 0. The van der Waals surface area contributed by atoms with Crippen LogP contribution in [0.15, 0.2) is 24.3 Å². The summed E-state index contributed by atoms with van der Waals surface area (Å²) in [6.07, 6.45) is 1.11. The lowest BCUT2D eigenvalue weighted by atomic mass is 9.96. The lowest BCUT2D eigenvalue weighted by Gasteiger charge is -2.37. The van der Waals surface area contributed by atoms with Gasteiger partial charge in [0, 0.05) is 18.1 Å². The van der Waals surface area contributed by atoms with Gasteiger partial charge in [-0.1, -0.05) is 45.0 Å². The quantitative estimate of drug-likeness (QED) is 0.771. The number of aryl methyl sites for hydroxylation is 1. The summed E-state index contributed by atoms with van der Waals surface area (Å²) in [7, 11) is 0. The molecule has 0 fully saturated rings.